The van der Waals surface area contributed by atoms with E-state index in [-0.39, 0.29) is 35.6 Å². The molecule has 0 bridgehead atoms. The second-order valence-corrected chi connectivity index (χ2v) is 31.5. The van der Waals surface area contributed by atoms with Gasteiger partial charge in [-0.1, -0.05) is 0 Å². The number of allylic oxidation sites excluding steroid dienone is 4. The van der Waals surface area contributed by atoms with Crippen LogP contribution in [0.2, 0.25) is 10.5 Å². The zero-order valence-electron chi connectivity index (χ0n) is 21.1. The van der Waals surface area contributed by atoms with Crippen LogP contribution in [0.4, 0.5) is 0 Å². The van der Waals surface area contributed by atoms with E-state index in [9.17, 15) is 0 Å². The van der Waals surface area contributed by atoms with Crippen molar-refractivity contribution in [3.05, 3.63) is 74.7 Å². The molecule has 0 fully saturated rings. The number of halogens is 2. The maximum Gasteiger partial charge on any atom is -0.147 e. The van der Waals surface area contributed by atoms with E-state index < -0.39 is 14.0 Å². The summed E-state index contributed by atoms with van der Waals surface area (Å²) in [6.45, 7) is 14.1. The predicted molar refractivity (Wildman–Crippen MR) is 148 cm³/mol. The van der Waals surface area contributed by atoms with Crippen LogP contribution < -0.4 is 3.87 Å². The van der Waals surface area contributed by atoms with Crippen molar-refractivity contribution in [2.24, 2.45) is 0 Å². The van der Waals surface area contributed by atoms with Crippen molar-refractivity contribution in [3.63, 3.8) is 0 Å². The van der Waals surface area contributed by atoms with Crippen LogP contribution >= 0.6 is 24.8 Å². The van der Waals surface area contributed by atoms with E-state index in [1.165, 1.54) is 22.3 Å². The Morgan fingerprint density at radius 1 is 0.844 bits per heavy atom. The van der Waals surface area contributed by atoms with Crippen LogP contribution in [-0.4, -0.2) is 7.63 Å². The molecule has 0 unspecified atom stereocenters. The van der Waals surface area contributed by atoms with E-state index in [0.717, 1.165) is 12.8 Å². The van der Waals surface area contributed by atoms with Gasteiger partial charge in [0, 0.05) is 0 Å². The summed E-state index contributed by atoms with van der Waals surface area (Å²) in [4.78, 5) is 0. The topological polar surface area (TPSA) is 0 Å². The van der Waals surface area contributed by atoms with Crippen molar-refractivity contribution in [1.29, 1.82) is 0 Å². The summed E-state index contributed by atoms with van der Waals surface area (Å²) in [6.07, 6.45) is 9.30. The molecule has 0 spiro atoms. The minimum absolute atomic E-state index is 0. The van der Waals surface area contributed by atoms with Crippen molar-refractivity contribution >= 4 is 36.3 Å². The predicted octanol–water partition coefficient (Wildman–Crippen LogP) is 7.50. The molecule has 0 radical (unpaired) electrons. The van der Waals surface area contributed by atoms with Gasteiger partial charge in [0.15, 0.2) is 0 Å². The average Bonchev–Trinajstić information content (AvgIpc) is 3.26. The van der Waals surface area contributed by atoms with E-state index in [1.54, 1.807) is 18.9 Å². The molecule has 2 aromatic carbocycles. The van der Waals surface area contributed by atoms with Crippen LogP contribution in [-0.2, 0) is 31.3 Å². The number of benzene rings is 2. The molecule has 2 aliphatic rings. The van der Waals surface area contributed by atoms with E-state index in [4.69, 9.17) is 0 Å². The summed E-state index contributed by atoms with van der Waals surface area (Å²) >= 11 is -3.07. The summed E-state index contributed by atoms with van der Waals surface area (Å²) in [5, 5.41) is 5.31. The normalized spacial score (nSPS) is 15.5. The number of rotatable bonds is 2. The van der Waals surface area contributed by atoms with E-state index >= 15 is 0 Å². The van der Waals surface area contributed by atoms with Crippen LogP contribution in [0, 0.1) is 0 Å². The van der Waals surface area contributed by atoms with E-state index in [0.29, 0.717) is 0 Å². The Morgan fingerprint density at radius 2 is 1.47 bits per heavy atom. The monoisotopic (exact) mass is 522 g/mol. The zero-order valence-corrected chi connectivity index (χ0v) is 25.7. The maximum absolute atomic E-state index is 3.07. The van der Waals surface area contributed by atoms with Crippen molar-refractivity contribution in [2.75, 3.05) is 0 Å². The molecule has 0 amide bonds. The Kier molecular flexibility index (Phi) is 7.42. The first-order valence-corrected chi connectivity index (χ1v) is 20.1. The third kappa shape index (κ3) is 4.53. The van der Waals surface area contributed by atoms with Crippen molar-refractivity contribution in [3.8, 4) is 11.1 Å². The molecule has 2 aliphatic carbocycles. The van der Waals surface area contributed by atoms with Gasteiger partial charge < -0.3 is 0 Å². The van der Waals surface area contributed by atoms with Crippen LogP contribution in [0.1, 0.15) is 70.2 Å². The van der Waals surface area contributed by atoms with Crippen molar-refractivity contribution < 1.29 is 14.0 Å². The minimum Gasteiger partial charge on any atom is -0.147 e. The molecule has 0 aliphatic heterocycles. The SMILES string of the molecule is CC(C)(C)c1ccc2c(c1)Cc1c-2ccc(C(C)(C)C)[c]1[Ti]([CH3])([CH3])(=[SiH2])[C]1=CC=CC1.Cl.Cl. The number of fused-ring (bicyclic) bond motifs is 3. The van der Waals surface area contributed by atoms with Crippen molar-refractivity contribution in [2.45, 2.75) is 75.7 Å². The third-order valence-electron chi connectivity index (χ3n) is 7.35. The Morgan fingerprint density at radius 3 is 2.00 bits per heavy atom. The number of hydrogen-bond donors (Lipinski definition) is 0. The van der Waals surface area contributed by atoms with Crippen molar-refractivity contribution in [1.82, 2.24) is 0 Å². The second kappa shape index (κ2) is 8.58. The van der Waals surface area contributed by atoms with E-state index in [1.807, 2.05) is 0 Å². The Labute approximate surface area is 210 Å². The molecule has 2 aromatic rings. The van der Waals surface area contributed by atoms with Crippen LogP contribution in [0.3, 0.4) is 0 Å². The standard InChI is InChI=1S/C21H25.C5H5.2CH3.2ClH.H2Si.Ti/c1-20(2,3)16-7-9-18-14(12-16)11-15-13-17(21(4,5)6)8-10-19(15)18;1-2-4-5-3-1;;;;;;/h7-10,12H,11H2,1-6H3;1-3H,4H2;2*1H3;2*1H;1H2;. The van der Waals surface area contributed by atoms with E-state index in [2.05, 4.69) is 108 Å². The molecule has 0 saturated carbocycles. The van der Waals surface area contributed by atoms with Gasteiger partial charge in [-0.15, -0.1) is 24.8 Å². The number of hydrogen-bond acceptors (Lipinski definition) is 0. The maximum atomic E-state index is 2.66. The molecule has 0 aromatic heterocycles. The van der Waals surface area contributed by atoms with Gasteiger partial charge >= 0.3 is 187 Å². The van der Waals surface area contributed by atoms with Gasteiger partial charge in [0.2, 0.25) is 0 Å². The minimum atomic E-state index is -3.07. The summed E-state index contributed by atoms with van der Waals surface area (Å²) in [7, 11) is 2.37. The molecular formula is C28H40Cl2SiTi. The first-order valence-electron chi connectivity index (χ1n) is 11.4. The quantitative estimate of drug-likeness (QED) is 0.305. The fraction of sp³-hybridized carbons (Fsp3) is 0.429. The van der Waals surface area contributed by atoms with Gasteiger partial charge in [-0.2, -0.15) is 0 Å². The molecular weight excluding hydrogens is 483 g/mol. The summed E-state index contributed by atoms with van der Waals surface area (Å²) in [5.41, 5.74) is 9.48. The fourth-order valence-electron chi connectivity index (χ4n) is 5.49. The van der Waals surface area contributed by atoms with Crippen LogP contribution in [0.15, 0.2) is 52.4 Å². The molecule has 0 nitrogen and oxygen atoms in total. The summed E-state index contributed by atoms with van der Waals surface area (Å²) < 4.78 is 3.47. The van der Waals surface area contributed by atoms with Gasteiger partial charge in [-0.25, -0.2) is 0 Å². The molecule has 32 heavy (non-hydrogen) atoms. The van der Waals surface area contributed by atoms with Crippen LogP contribution in [0.5, 0.6) is 0 Å². The molecule has 0 heterocycles. The molecule has 4 heteroatoms. The van der Waals surface area contributed by atoms with Gasteiger partial charge in [0.05, 0.1) is 0 Å². The molecule has 4 rings (SSSR count). The first kappa shape index (κ1) is 27.7. The fourth-order valence-corrected chi connectivity index (χ4v) is 14.8. The molecule has 0 saturated heterocycles. The molecule has 0 atom stereocenters. The van der Waals surface area contributed by atoms with Gasteiger partial charge in [-0.3, -0.25) is 0 Å². The van der Waals surface area contributed by atoms with Crippen LogP contribution in [0.25, 0.3) is 11.1 Å². The Bertz CT molecular complexity index is 1180. The van der Waals surface area contributed by atoms with Gasteiger partial charge in [-0.05, 0) is 0 Å². The second-order valence-electron chi connectivity index (χ2n) is 12.6. The summed E-state index contributed by atoms with van der Waals surface area (Å²) in [5.74, 6) is 0. The molecule has 174 valence electrons. The Balaban J connectivity index is 0.00000181. The first-order chi connectivity index (χ1) is 13.7. The smallest absolute Gasteiger partial charge is 0.147 e. The molecule has 0 N–H and O–H groups in total. The zero-order chi connectivity index (χ0) is 22.1. The van der Waals surface area contributed by atoms with Gasteiger partial charge in [0.1, 0.15) is 0 Å². The summed E-state index contributed by atoms with van der Waals surface area (Å²) in [6, 6.07) is 12.1. The third-order valence-corrected chi connectivity index (χ3v) is 17.9. The Hall–Kier alpha value is -0.569. The average molecular weight is 523 g/mol. The largest absolute Gasteiger partial charge is 0.147 e. The van der Waals surface area contributed by atoms with Gasteiger partial charge in [0.25, 0.3) is 0 Å².